The molecule has 2 rings (SSSR count). The fourth-order valence-corrected chi connectivity index (χ4v) is 2.50. The molecule has 1 aromatic carbocycles. The van der Waals surface area contributed by atoms with Gasteiger partial charge in [0.15, 0.2) is 0 Å². The summed E-state index contributed by atoms with van der Waals surface area (Å²) in [6.07, 6.45) is 2.82. The zero-order valence-corrected chi connectivity index (χ0v) is 13.8. The Labute approximate surface area is 128 Å². The van der Waals surface area contributed by atoms with Crippen LogP contribution in [0.2, 0.25) is 0 Å². The van der Waals surface area contributed by atoms with Crippen LogP contribution in [0.1, 0.15) is 39.0 Å². The van der Waals surface area contributed by atoms with Crippen LogP contribution < -0.4 is 4.90 Å². The summed E-state index contributed by atoms with van der Waals surface area (Å²) >= 11 is 0. The van der Waals surface area contributed by atoms with Gasteiger partial charge in [0.25, 0.3) is 0 Å². The fourth-order valence-electron chi connectivity index (χ4n) is 2.50. The average Bonchev–Trinajstić information content (AvgIpc) is 2.47. The van der Waals surface area contributed by atoms with Crippen LogP contribution in [0.5, 0.6) is 0 Å². The van der Waals surface area contributed by atoms with Gasteiger partial charge in [-0.25, -0.2) is 0 Å². The zero-order valence-electron chi connectivity index (χ0n) is 13.8. The molecule has 0 unspecified atom stereocenters. The molecule has 0 N–H and O–H groups in total. The Morgan fingerprint density at radius 2 is 1.86 bits per heavy atom. The molecule has 0 amide bonds. The summed E-state index contributed by atoms with van der Waals surface area (Å²) in [4.78, 5) is 6.77. The van der Waals surface area contributed by atoms with Gasteiger partial charge in [-0.2, -0.15) is 0 Å². The summed E-state index contributed by atoms with van der Waals surface area (Å²) in [5, 5.41) is 0. The SMILES string of the molecule is CC(C)N(C)c1cccc(C(C)(C)Cc2ccccn2)c1. The molecule has 21 heavy (non-hydrogen) atoms. The number of aromatic nitrogens is 1. The Morgan fingerprint density at radius 1 is 1.10 bits per heavy atom. The van der Waals surface area contributed by atoms with Crippen LogP contribution in [0.4, 0.5) is 5.69 Å². The van der Waals surface area contributed by atoms with Crippen LogP contribution in [-0.4, -0.2) is 18.1 Å². The average molecular weight is 282 g/mol. The third kappa shape index (κ3) is 3.84. The molecular weight excluding hydrogens is 256 g/mol. The molecule has 0 bridgehead atoms. The highest BCUT2D eigenvalue weighted by Crippen LogP contribution is 2.30. The first kappa shape index (κ1) is 15.6. The smallest absolute Gasteiger partial charge is 0.0412 e. The Hall–Kier alpha value is -1.83. The van der Waals surface area contributed by atoms with E-state index in [0.29, 0.717) is 6.04 Å². The van der Waals surface area contributed by atoms with Gasteiger partial charge in [0.2, 0.25) is 0 Å². The van der Waals surface area contributed by atoms with Crippen LogP contribution in [0, 0.1) is 0 Å². The maximum absolute atomic E-state index is 4.46. The number of benzene rings is 1. The Morgan fingerprint density at radius 3 is 2.48 bits per heavy atom. The van der Waals surface area contributed by atoms with Crippen LogP contribution in [0.15, 0.2) is 48.7 Å². The van der Waals surface area contributed by atoms with Gasteiger partial charge in [-0.05, 0) is 55.5 Å². The molecule has 0 aliphatic heterocycles. The van der Waals surface area contributed by atoms with E-state index >= 15 is 0 Å². The number of anilines is 1. The Kier molecular flexibility index (Phi) is 4.66. The fraction of sp³-hybridized carbons (Fsp3) is 0.421. The number of nitrogens with zero attached hydrogens (tertiary/aromatic N) is 2. The largest absolute Gasteiger partial charge is 0.372 e. The number of hydrogen-bond acceptors (Lipinski definition) is 2. The molecule has 0 aliphatic carbocycles. The molecule has 0 atom stereocenters. The summed E-state index contributed by atoms with van der Waals surface area (Å²) in [5.41, 5.74) is 3.85. The van der Waals surface area contributed by atoms with Gasteiger partial charge in [0, 0.05) is 30.7 Å². The molecule has 112 valence electrons. The molecule has 2 nitrogen and oxygen atoms in total. The third-order valence-electron chi connectivity index (χ3n) is 4.16. The highest BCUT2D eigenvalue weighted by Gasteiger charge is 2.22. The van der Waals surface area contributed by atoms with Crippen LogP contribution in [0.25, 0.3) is 0 Å². The lowest BCUT2D eigenvalue weighted by Gasteiger charge is -2.29. The second kappa shape index (κ2) is 6.30. The van der Waals surface area contributed by atoms with E-state index in [-0.39, 0.29) is 5.41 Å². The van der Waals surface area contributed by atoms with Gasteiger partial charge in [-0.15, -0.1) is 0 Å². The number of pyridine rings is 1. The highest BCUT2D eigenvalue weighted by molar-refractivity contribution is 5.50. The van der Waals surface area contributed by atoms with Crippen molar-refractivity contribution in [2.24, 2.45) is 0 Å². The predicted molar refractivity (Wildman–Crippen MR) is 90.9 cm³/mol. The summed E-state index contributed by atoms with van der Waals surface area (Å²) in [5.74, 6) is 0. The quantitative estimate of drug-likeness (QED) is 0.805. The van der Waals surface area contributed by atoms with Crippen molar-refractivity contribution in [3.63, 3.8) is 0 Å². The van der Waals surface area contributed by atoms with E-state index in [2.05, 4.69) is 81.0 Å². The molecule has 0 aliphatic rings. The van der Waals surface area contributed by atoms with E-state index < -0.39 is 0 Å². The normalized spacial score (nSPS) is 11.7. The van der Waals surface area contributed by atoms with Gasteiger partial charge in [-0.3, -0.25) is 4.98 Å². The van der Waals surface area contributed by atoms with Gasteiger partial charge in [-0.1, -0.05) is 32.0 Å². The van der Waals surface area contributed by atoms with Crippen LogP contribution in [-0.2, 0) is 11.8 Å². The minimum Gasteiger partial charge on any atom is -0.372 e. The van der Waals surface area contributed by atoms with E-state index in [1.54, 1.807) is 0 Å². The van der Waals surface area contributed by atoms with Crippen molar-refractivity contribution in [1.29, 1.82) is 0 Å². The van der Waals surface area contributed by atoms with Crippen molar-refractivity contribution in [2.45, 2.75) is 45.6 Å². The monoisotopic (exact) mass is 282 g/mol. The molecule has 2 heteroatoms. The van der Waals surface area contributed by atoms with Crippen molar-refractivity contribution in [3.05, 3.63) is 59.9 Å². The van der Waals surface area contributed by atoms with E-state index in [1.807, 2.05) is 12.3 Å². The molecule has 0 saturated heterocycles. The third-order valence-corrected chi connectivity index (χ3v) is 4.16. The van der Waals surface area contributed by atoms with Gasteiger partial charge < -0.3 is 4.90 Å². The Bertz CT molecular complexity index is 573. The number of rotatable bonds is 5. The molecule has 0 spiro atoms. The maximum atomic E-state index is 4.46. The molecule has 1 heterocycles. The molecule has 1 aromatic heterocycles. The first-order valence-electron chi connectivity index (χ1n) is 7.63. The summed E-state index contributed by atoms with van der Waals surface area (Å²) in [7, 11) is 2.15. The van der Waals surface area contributed by atoms with Crippen LogP contribution >= 0.6 is 0 Å². The van der Waals surface area contributed by atoms with Crippen molar-refractivity contribution in [3.8, 4) is 0 Å². The first-order chi connectivity index (χ1) is 9.90. The predicted octanol–water partition coefficient (Wildman–Crippen LogP) is 4.45. The van der Waals surface area contributed by atoms with Crippen molar-refractivity contribution in [2.75, 3.05) is 11.9 Å². The molecule has 2 aromatic rings. The van der Waals surface area contributed by atoms with Crippen LogP contribution in [0.3, 0.4) is 0 Å². The second-order valence-corrected chi connectivity index (χ2v) is 6.64. The van der Waals surface area contributed by atoms with E-state index in [4.69, 9.17) is 0 Å². The molecule has 0 saturated carbocycles. The van der Waals surface area contributed by atoms with Crippen molar-refractivity contribution < 1.29 is 0 Å². The summed E-state index contributed by atoms with van der Waals surface area (Å²) in [6.45, 7) is 9.00. The summed E-state index contributed by atoms with van der Waals surface area (Å²) in [6, 6.07) is 15.5. The van der Waals surface area contributed by atoms with Gasteiger partial charge >= 0.3 is 0 Å². The lowest BCUT2D eigenvalue weighted by molar-refractivity contribution is 0.515. The Balaban J connectivity index is 2.26. The van der Waals surface area contributed by atoms with Gasteiger partial charge in [0.05, 0.1) is 0 Å². The van der Waals surface area contributed by atoms with Gasteiger partial charge in [0.1, 0.15) is 0 Å². The van der Waals surface area contributed by atoms with Crippen molar-refractivity contribution >= 4 is 5.69 Å². The maximum Gasteiger partial charge on any atom is 0.0412 e. The summed E-state index contributed by atoms with van der Waals surface area (Å²) < 4.78 is 0. The molecular formula is C19H26N2. The standard InChI is InChI=1S/C19H26N2/c1-15(2)21(5)18-11-8-9-16(13-18)19(3,4)14-17-10-6-7-12-20-17/h6-13,15H,14H2,1-5H3. The lowest BCUT2D eigenvalue weighted by atomic mass is 9.80. The second-order valence-electron chi connectivity index (χ2n) is 6.64. The number of hydrogen-bond donors (Lipinski definition) is 0. The zero-order chi connectivity index (χ0) is 15.5. The minimum absolute atomic E-state index is 0.0716. The molecule has 0 fully saturated rings. The molecule has 0 radical (unpaired) electrons. The minimum atomic E-state index is 0.0716. The lowest BCUT2D eigenvalue weighted by Crippen LogP contribution is -2.27. The van der Waals surface area contributed by atoms with E-state index in [0.717, 1.165) is 12.1 Å². The van der Waals surface area contributed by atoms with E-state index in [9.17, 15) is 0 Å². The van der Waals surface area contributed by atoms with Crippen molar-refractivity contribution in [1.82, 2.24) is 4.98 Å². The highest BCUT2D eigenvalue weighted by atomic mass is 15.1. The topological polar surface area (TPSA) is 16.1 Å². The first-order valence-corrected chi connectivity index (χ1v) is 7.63. The van der Waals surface area contributed by atoms with E-state index in [1.165, 1.54) is 11.3 Å².